The number of rotatable bonds is 11. The van der Waals surface area contributed by atoms with E-state index in [4.69, 9.17) is 0 Å². The van der Waals surface area contributed by atoms with Gasteiger partial charge in [0.25, 0.3) is 0 Å². The number of quaternary nitrogens is 1. The normalized spacial score (nSPS) is 10.1. The smallest absolute Gasteiger partial charge is 0.0780 e. The summed E-state index contributed by atoms with van der Waals surface area (Å²) in [5.41, 5.74) is 0. The molecule has 0 bridgehead atoms. The van der Waals surface area contributed by atoms with Crippen molar-refractivity contribution in [2.24, 2.45) is 0 Å². The van der Waals surface area contributed by atoms with Crippen molar-refractivity contribution in [3.8, 4) is 0 Å². The van der Waals surface area contributed by atoms with Gasteiger partial charge < -0.3 is 4.48 Å². The summed E-state index contributed by atoms with van der Waals surface area (Å²) >= 11 is 0. The summed E-state index contributed by atoms with van der Waals surface area (Å²) in [6.45, 7) is 3.62. The van der Waals surface area contributed by atoms with E-state index in [1.165, 1.54) is 70.8 Å². The zero-order valence-electron chi connectivity index (χ0n) is 13.5. The summed E-state index contributed by atoms with van der Waals surface area (Å²) in [4.78, 5) is 0. The standard InChI is InChI=1S/C15H34N.3HI/c1-5-6-7-8-9-10-11-12-13-14-15-16(2,3)4;;;/h5-15H2,1-4H3;3*1H/q+1;;;. The minimum atomic E-state index is 0. The van der Waals surface area contributed by atoms with Gasteiger partial charge in [0.2, 0.25) is 0 Å². The van der Waals surface area contributed by atoms with Gasteiger partial charge in [0, 0.05) is 0 Å². The average molecular weight is 612 g/mol. The van der Waals surface area contributed by atoms with Gasteiger partial charge in [-0.05, 0) is 12.8 Å². The predicted octanol–water partition coefficient (Wildman–Crippen LogP) is 6.47. The average Bonchev–Trinajstić information content (AvgIpc) is 2.19. The van der Waals surface area contributed by atoms with Crippen LogP contribution in [0, 0.1) is 0 Å². The molecule has 0 radical (unpaired) electrons. The van der Waals surface area contributed by atoms with Crippen molar-refractivity contribution in [3.63, 3.8) is 0 Å². The Balaban J connectivity index is -0.000000375. The molecule has 0 rings (SSSR count). The van der Waals surface area contributed by atoms with Gasteiger partial charge in [0.15, 0.2) is 0 Å². The summed E-state index contributed by atoms with van der Waals surface area (Å²) in [5, 5.41) is 0. The van der Waals surface area contributed by atoms with Crippen molar-refractivity contribution in [3.05, 3.63) is 0 Å². The van der Waals surface area contributed by atoms with E-state index >= 15 is 0 Å². The van der Waals surface area contributed by atoms with Crippen molar-refractivity contribution < 1.29 is 4.48 Å². The Kier molecular flexibility index (Phi) is 31.0. The number of nitrogens with zero attached hydrogens (tertiary/aromatic N) is 1. The maximum Gasteiger partial charge on any atom is 0.0780 e. The van der Waals surface area contributed by atoms with Gasteiger partial charge in [-0.2, -0.15) is 0 Å². The van der Waals surface area contributed by atoms with Gasteiger partial charge in [-0.1, -0.05) is 58.3 Å². The fourth-order valence-corrected chi connectivity index (χ4v) is 2.07. The zero-order valence-corrected chi connectivity index (χ0v) is 20.4. The van der Waals surface area contributed by atoms with E-state index < -0.39 is 0 Å². The summed E-state index contributed by atoms with van der Waals surface area (Å²) in [6.07, 6.45) is 14.4. The molecule has 0 saturated heterocycles. The molecule has 0 aliphatic heterocycles. The highest BCUT2D eigenvalue weighted by molar-refractivity contribution is 14.0. The molecule has 0 aliphatic rings. The first kappa shape index (κ1) is 29.2. The van der Waals surface area contributed by atoms with E-state index in [1.807, 2.05) is 0 Å². The van der Waals surface area contributed by atoms with Crippen molar-refractivity contribution in [1.29, 1.82) is 0 Å². The molecular formula is C15H37I3N+. The molecule has 19 heavy (non-hydrogen) atoms. The quantitative estimate of drug-likeness (QED) is 0.143. The third-order valence-electron chi connectivity index (χ3n) is 3.18. The highest BCUT2D eigenvalue weighted by Crippen LogP contribution is 2.10. The molecule has 0 heterocycles. The van der Waals surface area contributed by atoms with Crippen molar-refractivity contribution in [1.82, 2.24) is 0 Å². The van der Waals surface area contributed by atoms with Crippen molar-refractivity contribution in [2.45, 2.75) is 71.1 Å². The Morgan fingerprint density at radius 3 is 1.16 bits per heavy atom. The van der Waals surface area contributed by atoms with Crippen molar-refractivity contribution in [2.75, 3.05) is 27.7 Å². The van der Waals surface area contributed by atoms with Crippen LogP contribution in [0.3, 0.4) is 0 Å². The van der Waals surface area contributed by atoms with Crippen molar-refractivity contribution >= 4 is 71.9 Å². The summed E-state index contributed by atoms with van der Waals surface area (Å²) < 4.78 is 1.12. The molecule has 0 amide bonds. The lowest BCUT2D eigenvalue weighted by molar-refractivity contribution is -0.870. The molecule has 0 spiro atoms. The molecule has 1 nitrogen and oxygen atoms in total. The second-order valence-corrected chi connectivity index (χ2v) is 6.20. The van der Waals surface area contributed by atoms with Crippen LogP contribution in [0.4, 0.5) is 0 Å². The van der Waals surface area contributed by atoms with Gasteiger partial charge in [0.05, 0.1) is 27.7 Å². The van der Waals surface area contributed by atoms with Crippen LogP contribution < -0.4 is 0 Å². The maximum absolute atomic E-state index is 2.29. The molecule has 0 aromatic heterocycles. The molecular weight excluding hydrogens is 575 g/mol. The second-order valence-electron chi connectivity index (χ2n) is 6.20. The number of hydrogen-bond acceptors (Lipinski definition) is 0. The van der Waals surface area contributed by atoms with Gasteiger partial charge in [-0.15, -0.1) is 71.9 Å². The first-order chi connectivity index (χ1) is 7.56. The Bertz CT molecular complexity index is 147. The minimum Gasteiger partial charge on any atom is -0.331 e. The van der Waals surface area contributed by atoms with Crippen LogP contribution in [-0.2, 0) is 0 Å². The van der Waals surface area contributed by atoms with Gasteiger partial charge in [-0.3, -0.25) is 0 Å². The van der Waals surface area contributed by atoms with Crippen LogP contribution >= 0.6 is 71.9 Å². The SMILES string of the molecule is CCCCCCCCCCCC[N+](C)(C)C.I.I.I. The fourth-order valence-electron chi connectivity index (χ4n) is 2.07. The predicted molar refractivity (Wildman–Crippen MR) is 121 cm³/mol. The molecule has 122 valence electrons. The molecule has 0 fully saturated rings. The van der Waals surface area contributed by atoms with Crippen LogP contribution in [0.1, 0.15) is 71.1 Å². The topological polar surface area (TPSA) is 0 Å². The third-order valence-corrected chi connectivity index (χ3v) is 3.18. The summed E-state index contributed by atoms with van der Waals surface area (Å²) in [6, 6.07) is 0. The van der Waals surface area contributed by atoms with Gasteiger partial charge in [0.1, 0.15) is 0 Å². The van der Waals surface area contributed by atoms with E-state index in [2.05, 4.69) is 28.1 Å². The lowest BCUT2D eigenvalue weighted by Crippen LogP contribution is -2.35. The molecule has 0 atom stereocenters. The summed E-state index contributed by atoms with van der Waals surface area (Å²) in [7, 11) is 6.86. The molecule has 0 aliphatic carbocycles. The Hall–Kier alpha value is 2.15. The highest BCUT2D eigenvalue weighted by atomic mass is 127. The lowest BCUT2D eigenvalue weighted by atomic mass is 10.1. The molecule has 0 aromatic rings. The number of halogens is 3. The van der Waals surface area contributed by atoms with Crippen LogP contribution in [-0.4, -0.2) is 32.2 Å². The fraction of sp³-hybridized carbons (Fsp3) is 1.00. The van der Waals surface area contributed by atoms with E-state index in [1.54, 1.807) is 0 Å². The minimum absolute atomic E-state index is 0. The number of hydrogen-bond donors (Lipinski definition) is 0. The van der Waals surface area contributed by atoms with E-state index in [0.29, 0.717) is 0 Å². The third kappa shape index (κ3) is 28.9. The molecule has 4 heteroatoms. The summed E-state index contributed by atoms with van der Waals surface area (Å²) in [5.74, 6) is 0. The molecule has 0 unspecified atom stereocenters. The van der Waals surface area contributed by atoms with Gasteiger partial charge in [-0.25, -0.2) is 0 Å². The van der Waals surface area contributed by atoms with E-state index in [0.717, 1.165) is 4.48 Å². The van der Waals surface area contributed by atoms with E-state index in [9.17, 15) is 0 Å². The molecule has 0 saturated carbocycles. The van der Waals surface area contributed by atoms with Crippen LogP contribution in [0.5, 0.6) is 0 Å². The first-order valence-electron chi connectivity index (χ1n) is 7.36. The van der Waals surface area contributed by atoms with E-state index in [-0.39, 0.29) is 71.9 Å². The zero-order chi connectivity index (χ0) is 12.3. The largest absolute Gasteiger partial charge is 0.331 e. The Morgan fingerprint density at radius 2 is 0.842 bits per heavy atom. The second kappa shape index (κ2) is 20.1. The lowest BCUT2D eigenvalue weighted by Gasteiger charge is -2.23. The molecule has 0 N–H and O–H groups in total. The molecule has 0 aromatic carbocycles. The van der Waals surface area contributed by atoms with Crippen LogP contribution in [0.15, 0.2) is 0 Å². The highest BCUT2D eigenvalue weighted by Gasteiger charge is 2.04. The first-order valence-corrected chi connectivity index (χ1v) is 7.36. The monoisotopic (exact) mass is 612 g/mol. The van der Waals surface area contributed by atoms with Crippen LogP contribution in [0.2, 0.25) is 0 Å². The Morgan fingerprint density at radius 1 is 0.526 bits per heavy atom. The van der Waals surface area contributed by atoms with Gasteiger partial charge >= 0.3 is 0 Å². The number of unbranched alkanes of at least 4 members (excludes halogenated alkanes) is 9. The Labute approximate surface area is 173 Å². The van der Waals surface area contributed by atoms with Crippen LogP contribution in [0.25, 0.3) is 0 Å². The maximum atomic E-state index is 2.29.